The molecule has 0 radical (unpaired) electrons. The second-order valence-corrected chi connectivity index (χ2v) is 7.20. The number of rotatable bonds is 1. The van der Waals surface area contributed by atoms with Gasteiger partial charge in [0.15, 0.2) is 0 Å². The van der Waals surface area contributed by atoms with Gasteiger partial charge in [0.05, 0.1) is 5.56 Å². The second kappa shape index (κ2) is 5.27. The maximum Gasteiger partial charge on any atom is 0.255 e. The number of carbonyl (C=O) groups excluding carboxylic acids is 1. The lowest BCUT2D eigenvalue weighted by molar-refractivity contribution is 0.0598. The largest absolute Gasteiger partial charge is 0.333 e. The summed E-state index contributed by atoms with van der Waals surface area (Å²) >= 11 is 15.7. The Hall–Kier alpha value is -0.250. The second-order valence-electron chi connectivity index (χ2n) is 5.29. The van der Waals surface area contributed by atoms with Crippen molar-refractivity contribution in [3.63, 3.8) is 0 Å². The Labute approximate surface area is 131 Å². The van der Waals surface area contributed by atoms with Crippen molar-refractivity contribution >= 4 is 45.0 Å². The Morgan fingerprint density at radius 1 is 1.26 bits per heavy atom. The van der Waals surface area contributed by atoms with Crippen LogP contribution in [0.2, 0.25) is 5.02 Å². The summed E-state index contributed by atoms with van der Waals surface area (Å²) in [6.07, 6.45) is 3.94. The molecule has 0 spiro atoms. The van der Waals surface area contributed by atoms with Gasteiger partial charge in [0.25, 0.3) is 5.91 Å². The zero-order chi connectivity index (χ0) is 13.6. The summed E-state index contributed by atoms with van der Waals surface area (Å²) < 4.78 is 0.800. The Balaban J connectivity index is 1.90. The quantitative estimate of drug-likeness (QED) is 0.674. The molecule has 2 heterocycles. The van der Waals surface area contributed by atoms with Crippen LogP contribution in [0.15, 0.2) is 22.7 Å². The number of hydrogen-bond acceptors (Lipinski definition) is 1. The van der Waals surface area contributed by atoms with Crippen molar-refractivity contribution in [3.8, 4) is 0 Å². The van der Waals surface area contributed by atoms with Crippen LogP contribution in [0.4, 0.5) is 0 Å². The molecule has 0 aliphatic carbocycles. The predicted octanol–water partition coefficient (Wildman–Crippen LogP) is 4.48. The fourth-order valence-corrected chi connectivity index (χ4v) is 4.24. The molecule has 2 aliphatic heterocycles. The van der Waals surface area contributed by atoms with E-state index in [2.05, 4.69) is 15.9 Å². The monoisotopic (exact) mass is 361 g/mol. The molecule has 2 fully saturated rings. The van der Waals surface area contributed by atoms with Crippen LogP contribution in [0.1, 0.15) is 36.0 Å². The van der Waals surface area contributed by atoms with Crippen molar-refractivity contribution in [3.05, 3.63) is 33.3 Å². The van der Waals surface area contributed by atoms with Gasteiger partial charge in [0.2, 0.25) is 0 Å². The van der Waals surface area contributed by atoms with Crippen molar-refractivity contribution in [1.29, 1.82) is 0 Å². The molecular weight excluding hydrogens is 349 g/mol. The van der Waals surface area contributed by atoms with Crippen molar-refractivity contribution < 1.29 is 4.79 Å². The molecule has 102 valence electrons. The first kappa shape index (κ1) is 13.7. The highest BCUT2D eigenvalue weighted by atomic mass is 79.9. The molecule has 0 saturated carbocycles. The van der Waals surface area contributed by atoms with E-state index in [9.17, 15) is 4.79 Å². The molecule has 0 N–H and O–H groups in total. The molecule has 1 aromatic carbocycles. The van der Waals surface area contributed by atoms with Gasteiger partial charge in [-0.05, 0) is 59.8 Å². The van der Waals surface area contributed by atoms with Crippen LogP contribution in [-0.4, -0.2) is 28.3 Å². The molecule has 5 heteroatoms. The van der Waals surface area contributed by atoms with Gasteiger partial charge in [-0.15, -0.1) is 11.6 Å². The Kier molecular flexibility index (Phi) is 3.80. The molecule has 2 unspecified atom stereocenters. The molecule has 1 aromatic rings. The zero-order valence-corrected chi connectivity index (χ0v) is 13.4. The van der Waals surface area contributed by atoms with E-state index in [1.165, 1.54) is 0 Å². The topological polar surface area (TPSA) is 20.3 Å². The van der Waals surface area contributed by atoms with Crippen LogP contribution in [-0.2, 0) is 0 Å². The standard InChI is InChI=1S/C14H14BrCl2NO/c15-13-4-1-8(16)7-12(13)14(19)18-10-2-3-11(18)6-9(17)5-10/h1,4,7,9-11H,2-3,5-6H2. The third kappa shape index (κ3) is 2.53. The van der Waals surface area contributed by atoms with Gasteiger partial charge in [0, 0.05) is 27.0 Å². The molecular formula is C14H14BrCl2NO. The SMILES string of the molecule is O=C(c1cc(Cl)ccc1Br)N1C2CCC1CC(Cl)C2. The summed E-state index contributed by atoms with van der Waals surface area (Å²) in [5.74, 6) is 0.0745. The van der Waals surface area contributed by atoms with Gasteiger partial charge in [-0.3, -0.25) is 4.79 Å². The first-order valence-corrected chi connectivity index (χ1v) is 8.09. The van der Waals surface area contributed by atoms with Crippen LogP contribution in [0.3, 0.4) is 0 Å². The number of alkyl halides is 1. The van der Waals surface area contributed by atoms with E-state index in [0.29, 0.717) is 22.7 Å². The lowest BCUT2D eigenvalue weighted by atomic mass is 10.0. The fourth-order valence-electron chi connectivity index (χ4n) is 3.24. The zero-order valence-electron chi connectivity index (χ0n) is 10.3. The third-order valence-electron chi connectivity index (χ3n) is 4.07. The van der Waals surface area contributed by atoms with Crippen LogP contribution in [0.25, 0.3) is 0 Å². The van der Waals surface area contributed by atoms with Crippen molar-refractivity contribution in [2.24, 2.45) is 0 Å². The summed E-state index contributed by atoms with van der Waals surface area (Å²) in [6, 6.07) is 5.92. The first-order chi connectivity index (χ1) is 9.06. The normalized spacial score (nSPS) is 29.6. The summed E-state index contributed by atoms with van der Waals surface area (Å²) in [5, 5.41) is 0.801. The number of benzene rings is 1. The van der Waals surface area contributed by atoms with Gasteiger partial charge in [0.1, 0.15) is 0 Å². The number of carbonyl (C=O) groups is 1. The highest BCUT2D eigenvalue weighted by molar-refractivity contribution is 9.10. The minimum atomic E-state index is 0.0745. The first-order valence-electron chi connectivity index (χ1n) is 6.48. The molecule has 19 heavy (non-hydrogen) atoms. The van der Waals surface area contributed by atoms with Crippen LogP contribution in [0.5, 0.6) is 0 Å². The minimum Gasteiger partial charge on any atom is -0.333 e. The molecule has 2 saturated heterocycles. The lowest BCUT2D eigenvalue weighted by Gasteiger charge is -2.37. The summed E-state index contributed by atoms with van der Waals surface area (Å²) in [6.45, 7) is 0. The van der Waals surface area contributed by atoms with Gasteiger partial charge in [-0.1, -0.05) is 11.6 Å². The number of fused-ring (bicyclic) bond motifs is 2. The highest BCUT2D eigenvalue weighted by Crippen LogP contribution is 2.39. The Morgan fingerprint density at radius 3 is 2.53 bits per heavy atom. The summed E-state index contributed by atoms with van der Waals surface area (Å²) in [7, 11) is 0. The molecule has 1 amide bonds. The maximum atomic E-state index is 12.7. The van der Waals surface area contributed by atoms with Gasteiger partial charge in [-0.2, -0.15) is 0 Å². The maximum absolute atomic E-state index is 12.7. The van der Waals surface area contributed by atoms with Crippen LogP contribution < -0.4 is 0 Å². The summed E-state index contributed by atoms with van der Waals surface area (Å²) in [5.41, 5.74) is 0.650. The van der Waals surface area contributed by atoms with Gasteiger partial charge >= 0.3 is 0 Å². The lowest BCUT2D eigenvalue weighted by Crippen LogP contribution is -2.47. The van der Waals surface area contributed by atoms with Crippen molar-refractivity contribution in [2.75, 3.05) is 0 Å². The molecule has 2 nitrogen and oxygen atoms in total. The van der Waals surface area contributed by atoms with Crippen LogP contribution >= 0.6 is 39.1 Å². The molecule has 0 aromatic heterocycles. The predicted molar refractivity (Wildman–Crippen MR) is 81.0 cm³/mol. The number of amides is 1. The highest BCUT2D eigenvalue weighted by Gasteiger charge is 2.43. The van der Waals surface area contributed by atoms with Crippen molar-refractivity contribution in [2.45, 2.75) is 43.1 Å². The Bertz CT molecular complexity index is 508. The van der Waals surface area contributed by atoms with E-state index >= 15 is 0 Å². The van der Waals surface area contributed by atoms with Gasteiger partial charge < -0.3 is 4.90 Å². The van der Waals surface area contributed by atoms with E-state index in [1.54, 1.807) is 12.1 Å². The molecule has 2 aliphatic rings. The minimum absolute atomic E-state index is 0.0745. The van der Waals surface area contributed by atoms with E-state index in [-0.39, 0.29) is 11.3 Å². The number of hydrogen-bond donors (Lipinski definition) is 0. The van der Waals surface area contributed by atoms with Crippen LogP contribution in [0, 0.1) is 0 Å². The average Bonchev–Trinajstić information content (AvgIpc) is 2.64. The van der Waals surface area contributed by atoms with E-state index in [1.807, 2.05) is 11.0 Å². The smallest absolute Gasteiger partial charge is 0.255 e. The number of nitrogens with zero attached hydrogens (tertiary/aromatic N) is 1. The Morgan fingerprint density at radius 2 is 1.89 bits per heavy atom. The number of piperidine rings is 1. The van der Waals surface area contributed by atoms with E-state index in [0.717, 1.165) is 30.2 Å². The van der Waals surface area contributed by atoms with Gasteiger partial charge in [-0.25, -0.2) is 0 Å². The average molecular weight is 363 g/mol. The molecule has 2 atom stereocenters. The fraction of sp³-hybridized carbons (Fsp3) is 0.500. The third-order valence-corrected chi connectivity index (χ3v) is 5.35. The number of halogens is 3. The molecule has 2 bridgehead atoms. The molecule has 3 rings (SSSR count). The summed E-state index contributed by atoms with van der Waals surface area (Å²) in [4.78, 5) is 14.8. The van der Waals surface area contributed by atoms with E-state index in [4.69, 9.17) is 23.2 Å². The van der Waals surface area contributed by atoms with E-state index < -0.39 is 0 Å². The van der Waals surface area contributed by atoms with Crippen molar-refractivity contribution in [1.82, 2.24) is 4.90 Å².